The summed E-state index contributed by atoms with van der Waals surface area (Å²) in [5, 5.41) is 20.1. The van der Waals surface area contributed by atoms with Crippen LogP contribution < -0.4 is 4.74 Å². The van der Waals surface area contributed by atoms with Crippen LogP contribution in [0, 0.1) is 17.0 Å². The van der Waals surface area contributed by atoms with Gasteiger partial charge in [0.2, 0.25) is 0 Å². The van der Waals surface area contributed by atoms with Crippen molar-refractivity contribution in [3.8, 4) is 28.1 Å². The predicted molar refractivity (Wildman–Crippen MR) is 109 cm³/mol. The van der Waals surface area contributed by atoms with Gasteiger partial charge in [-0.1, -0.05) is 29.8 Å². The van der Waals surface area contributed by atoms with Crippen LogP contribution in [0.4, 0.5) is 5.69 Å². The highest BCUT2D eigenvalue weighted by atomic mass is 35.5. The van der Waals surface area contributed by atoms with Gasteiger partial charge in [0.1, 0.15) is 18.1 Å². The van der Waals surface area contributed by atoms with Crippen LogP contribution in [-0.2, 0) is 11.2 Å². The van der Waals surface area contributed by atoms with E-state index in [1.54, 1.807) is 20.1 Å². The molecule has 0 N–H and O–H groups in total. The quantitative estimate of drug-likeness (QED) is 0.261. The van der Waals surface area contributed by atoms with Crippen LogP contribution in [0.25, 0.3) is 22.4 Å². The second kappa shape index (κ2) is 7.77. The van der Waals surface area contributed by atoms with Crippen LogP contribution in [0.5, 0.6) is 5.75 Å². The molecular formula is C21H18ClN3O4. The molecule has 0 atom stereocenters. The summed E-state index contributed by atoms with van der Waals surface area (Å²) in [6, 6.07) is 10.8. The Labute approximate surface area is 172 Å². The molecule has 0 spiro atoms. The van der Waals surface area contributed by atoms with E-state index in [1.165, 1.54) is 6.07 Å². The third-order valence-electron chi connectivity index (χ3n) is 5.05. The monoisotopic (exact) mass is 411 g/mol. The average Bonchev–Trinajstić information content (AvgIpc) is 3.09. The van der Waals surface area contributed by atoms with Gasteiger partial charge in [-0.3, -0.25) is 10.1 Å². The molecule has 0 fully saturated rings. The lowest BCUT2D eigenvalue weighted by atomic mass is 9.96. The lowest BCUT2D eigenvalue weighted by Gasteiger charge is -2.12. The summed E-state index contributed by atoms with van der Waals surface area (Å²) in [6.45, 7) is 2.69. The molecule has 4 rings (SSSR count). The predicted octanol–water partition coefficient (Wildman–Crippen LogP) is 4.61. The number of hydrogen-bond donors (Lipinski definition) is 0. The number of nitro groups is 1. The Bertz CT molecular complexity index is 1120. The second-order valence-corrected chi connectivity index (χ2v) is 7.09. The van der Waals surface area contributed by atoms with E-state index >= 15 is 0 Å². The fraction of sp³-hybridized carbons (Fsp3) is 0.238. The summed E-state index contributed by atoms with van der Waals surface area (Å²) in [4.78, 5) is 11.0. The molecule has 0 saturated heterocycles. The van der Waals surface area contributed by atoms with Gasteiger partial charge in [-0.05, 0) is 30.2 Å². The number of aromatic nitrogens is 2. The molecule has 0 amide bonds. The van der Waals surface area contributed by atoms with E-state index in [1.807, 2.05) is 24.3 Å². The lowest BCUT2D eigenvalue weighted by Crippen LogP contribution is -2.04. The first-order valence-corrected chi connectivity index (χ1v) is 9.43. The topological polar surface area (TPSA) is 87.4 Å². The minimum Gasteiger partial charge on any atom is -0.491 e. The maximum absolute atomic E-state index is 11.4. The molecule has 148 valence electrons. The molecule has 0 bridgehead atoms. The molecule has 2 aromatic carbocycles. The van der Waals surface area contributed by atoms with Gasteiger partial charge in [-0.25, -0.2) is 0 Å². The number of hydrogen-bond acceptors (Lipinski definition) is 6. The van der Waals surface area contributed by atoms with E-state index in [2.05, 4.69) is 10.2 Å². The molecular weight excluding hydrogens is 394 g/mol. The molecule has 7 nitrogen and oxygen atoms in total. The molecule has 0 radical (unpaired) electrons. The number of halogens is 1. The van der Waals surface area contributed by atoms with Gasteiger partial charge < -0.3 is 9.47 Å². The maximum atomic E-state index is 11.4. The number of nitrogens with zero attached hydrogens (tertiary/aromatic N) is 3. The van der Waals surface area contributed by atoms with Crippen molar-refractivity contribution in [3.63, 3.8) is 0 Å². The SMILES string of the molecule is COCCOc1ccc2c(c1)Cc1c(Cl)nnc(-c3cccc([N+](=O)[O-])c3C)c1-2. The maximum Gasteiger partial charge on any atom is 0.272 e. The van der Waals surface area contributed by atoms with Crippen molar-refractivity contribution in [3.05, 3.63) is 68.4 Å². The minimum absolute atomic E-state index is 0.0492. The highest BCUT2D eigenvalue weighted by molar-refractivity contribution is 6.30. The van der Waals surface area contributed by atoms with Gasteiger partial charge in [0.05, 0.1) is 11.5 Å². The van der Waals surface area contributed by atoms with Crippen molar-refractivity contribution < 1.29 is 14.4 Å². The lowest BCUT2D eigenvalue weighted by molar-refractivity contribution is -0.385. The van der Waals surface area contributed by atoms with Gasteiger partial charge in [0, 0.05) is 41.9 Å². The average molecular weight is 412 g/mol. The van der Waals surface area contributed by atoms with Crippen LogP contribution in [-0.4, -0.2) is 35.4 Å². The Hall–Kier alpha value is -3.03. The van der Waals surface area contributed by atoms with E-state index in [-0.39, 0.29) is 10.6 Å². The van der Waals surface area contributed by atoms with Gasteiger partial charge >= 0.3 is 0 Å². The Balaban J connectivity index is 1.82. The third-order valence-corrected chi connectivity index (χ3v) is 5.36. The Morgan fingerprint density at radius 1 is 1.17 bits per heavy atom. The first-order chi connectivity index (χ1) is 14.0. The smallest absolute Gasteiger partial charge is 0.272 e. The molecule has 29 heavy (non-hydrogen) atoms. The largest absolute Gasteiger partial charge is 0.491 e. The van der Waals surface area contributed by atoms with Gasteiger partial charge in [-0.2, -0.15) is 0 Å². The van der Waals surface area contributed by atoms with Crippen LogP contribution in [0.15, 0.2) is 36.4 Å². The van der Waals surface area contributed by atoms with E-state index in [0.29, 0.717) is 41.6 Å². The number of benzene rings is 2. The summed E-state index contributed by atoms with van der Waals surface area (Å²) >= 11 is 6.35. The normalized spacial score (nSPS) is 11.8. The molecule has 1 heterocycles. The zero-order valence-corrected chi connectivity index (χ0v) is 16.7. The number of methoxy groups -OCH3 is 1. The van der Waals surface area contributed by atoms with Gasteiger partial charge in [-0.15, -0.1) is 10.2 Å². The van der Waals surface area contributed by atoms with Crippen molar-refractivity contribution in [1.29, 1.82) is 0 Å². The standard InChI is InChI=1S/C21H18ClN3O4/c1-12-15(4-3-5-18(12)25(26)27)20-19-16-7-6-14(29-9-8-28-2)10-13(16)11-17(19)21(22)24-23-20/h3-7,10H,8-9,11H2,1-2H3. The summed E-state index contributed by atoms with van der Waals surface area (Å²) in [7, 11) is 1.63. The number of nitro benzene ring substituents is 1. The highest BCUT2D eigenvalue weighted by Gasteiger charge is 2.28. The van der Waals surface area contributed by atoms with Gasteiger partial charge in [0.15, 0.2) is 5.15 Å². The highest BCUT2D eigenvalue weighted by Crippen LogP contribution is 2.46. The van der Waals surface area contributed by atoms with Crippen molar-refractivity contribution >= 4 is 17.3 Å². The second-order valence-electron chi connectivity index (χ2n) is 6.74. The van der Waals surface area contributed by atoms with E-state index in [9.17, 15) is 10.1 Å². The number of ether oxygens (including phenoxy) is 2. The molecule has 1 aliphatic carbocycles. The fourth-order valence-electron chi connectivity index (χ4n) is 3.65. The van der Waals surface area contributed by atoms with Crippen molar-refractivity contribution in [2.24, 2.45) is 0 Å². The molecule has 0 aliphatic heterocycles. The Morgan fingerprint density at radius 2 is 2.00 bits per heavy atom. The van der Waals surface area contributed by atoms with Crippen LogP contribution in [0.2, 0.25) is 5.15 Å². The molecule has 1 aliphatic rings. The van der Waals surface area contributed by atoms with Crippen molar-refractivity contribution in [1.82, 2.24) is 10.2 Å². The molecule has 8 heteroatoms. The van der Waals surface area contributed by atoms with Crippen molar-refractivity contribution in [2.75, 3.05) is 20.3 Å². The molecule has 1 aromatic heterocycles. The van der Waals surface area contributed by atoms with Crippen molar-refractivity contribution in [2.45, 2.75) is 13.3 Å². The summed E-state index contributed by atoms with van der Waals surface area (Å²) in [5.74, 6) is 0.749. The summed E-state index contributed by atoms with van der Waals surface area (Å²) < 4.78 is 10.7. The Morgan fingerprint density at radius 3 is 2.76 bits per heavy atom. The zero-order chi connectivity index (χ0) is 20.5. The zero-order valence-electron chi connectivity index (χ0n) is 15.9. The van der Waals surface area contributed by atoms with Crippen LogP contribution in [0.1, 0.15) is 16.7 Å². The van der Waals surface area contributed by atoms with Gasteiger partial charge in [0.25, 0.3) is 5.69 Å². The molecule has 0 unspecified atom stereocenters. The van der Waals surface area contributed by atoms with E-state index in [0.717, 1.165) is 28.0 Å². The van der Waals surface area contributed by atoms with E-state index in [4.69, 9.17) is 21.1 Å². The number of rotatable bonds is 6. The molecule has 0 saturated carbocycles. The first-order valence-electron chi connectivity index (χ1n) is 9.05. The Kier molecular flexibility index (Phi) is 5.17. The summed E-state index contributed by atoms with van der Waals surface area (Å²) in [5.41, 5.74) is 5.63. The number of fused-ring (bicyclic) bond motifs is 3. The summed E-state index contributed by atoms with van der Waals surface area (Å²) in [6.07, 6.45) is 0.599. The molecule has 3 aromatic rings. The third kappa shape index (κ3) is 3.43. The minimum atomic E-state index is -0.389. The van der Waals surface area contributed by atoms with E-state index < -0.39 is 0 Å². The first kappa shape index (κ1) is 19.3. The van der Waals surface area contributed by atoms with Crippen LogP contribution in [0.3, 0.4) is 0 Å². The van der Waals surface area contributed by atoms with Crippen LogP contribution >= 0.6 is 11.6 Å². The fourth-order valence-corrected chi connectivity index (χ4v) is 3.85.